The van der Waals surface area contributed by atoms with Gasteiger partial charge in [-0.2, -0.15) is 0 Å². The number of thiophene rings is 1. The minimum atomic E-state index is -0.689. The van der Waals surface area contributed by atoms with E-state index < -0.39 is 5.97 Å². The van der Waals surface area contributed by atoms with Crippen molar-refractivity contribution in [1.82, 2.24) is 5.32 Å². The highest BCUT2D eigenvalue weighted by Gasteiger charge is 1.96. The third-order valence-electron chi connectivity index (χ3n) is 2.37. The zero-order chi connectivity index (χ0) is 11.6. The van der Waals surface area contributed by atoms with Gasteiger partial charge in [-0.05, 0) is 43.8 Å². The maximum atomic E-state index is 10.3. The number of carboxylic acids is 1. The normalized spacial score (nSPS) is 10.5. The Hall–Kier alpha value is -0.870. The molecule has 4 heteroatoms. The molecule has 0 bridgehead atoms. The second kappa shape index (κ2) is 8.30. The Kier molecular flexibility index (Phi) is 6.85. The van der Waals surface area contributed by atoms with Crippen LogP contribution in [-0.2, 0) is 11.2 Å². The van der Waals surface area contributed by atoms with Gasteiger partial charge >= 0.3 is 5.97 Å². The molecule has 90 valence electrons. The third-order valence-corrected chi connectivity index (χ3v) is 3.31. The molecule has 0 aliphatic heterocycles. The number of aliphatic carboxylic acids is 1. The van der Waals surface area contributed by atoms with E-state index in [0.717, 1.165) is 38.8 Å². The molecule has 0 radical (unpaired) electrons. The van der Waals surface area contributed by atoms with E-state index in [2.05, 4.69) is 22.8 Å². The summed E-state index contributed by atoms with van der Waals surface area (Å²) in [5, 5.41) is 13.9. The van der Waals surface area contributed by atoms with Gasteiger partial charge in [-0.3, -0.25) is 4.79 Å². The van der Waals surface area contributed by atoms with Crippen molar-refractivity contribution in [3.8, 4) is 0 Å². The van der Waals surface area contributed by atoms with E-state index in [4.69, 9.17) is 5.11 Å². The van der Waals surface area contributed by atoms with Crippen LogP contribution < -0.4 is 5.32 Å². The van der Waals surface area contributed by atoms with Crippen LogP contribution in [0.3, 0.4) is 0 Å². The van der Waals surface area contributed by atoms with Crippen LogP contribution in [0.1, 0.15) is 30.6 Å². The number of carboxylic acid groups (broad SMARTS) is 1. The van der Waals surface area contributed by atoms with Gasteiger partial charge in [0.05, 0.1) is 0 Å². The summed E-state index contributed by atoms with van der Waals surface area (Å²) >= 11 is 1.79. The van der Waals surface area contributed by atoms with Crippen LogP contribution in [0.4, 0.5) is 0 Å². The molecule has 0 aliphatic rings. The lowest BCUT2D eigenvalue weighted by Gasteiger charge is -2.03. The zero-order valence-electron chi connectivity index (χ0n) is 9.45. The fourth-order valence-corrected chi connectivity index (χ4v) is 2.20. The fraction of sp³-hybridized carbons (Fsp3) is 0.583. The van der Waals surface area contributed by atoms with Crippen molar-refractivity contribution in [3.63, 3.8) is 0 Å². The third kappa shape index (κ3) is 6.58. The first-order valence-electron chi connectivity index (χ1n) is 5.74. The van der Waals surface area contributed by atoms with E-state index in [0.29, 0.717) is 6.42 Å². The molecular formula is C12H19NO2S. The highest BCUT2D eigenvalue weighted by atomic mass is 32.1. The minimum Gasteiger partial charge on any atom is -0.481 e. The Morgan fingerprint density at radius 1 is 1.31 bits per heavy atom. The quantitative estimate of drug-likeness (QED) is 0.653. The standard InChI is InChI=1S/C12H19NO2S/c14-12(15)6-2-1-3-8-13-9-7-11-5-4-10-16-11/h4-5,10,13H,1-3,6-9H2,(H,14,15). The molecule has 1 rings (SSSR count). The van der Waals surface area contributed by atoms with Crippen LogP contribution >= 0.6 is 11.3 Å². The Labute approximate surface area is 100 Å². The lowest BCUT2D eigenvalue weighted by molar-refractivity contribution is -0.137. The first-order chi connectivity index (χ1) is 7.79. The van der Waals surface area contributed by atoms with Gasteiger partial charge in [-0.1, -0.05) is 12.5 Å². The van der Waals surface area contributed by atoms with Gasteiger partial charge in [-0.15, -0.1) is 11.3 Å². The molecule has 0 saturated heterocycles. The van der Waals surface area contributed by atoms with E-state index in [1.807, 2.05) is 0 Å². The average molecular weight is 241 g/mol. The van der Waals surface area contributed by atoms with Crippen molar-refractivity contribution in [1.29, 1.82) is 0 Å². The van der Waals surface area contributed by atoms with Gasteiger partial charge in [0.25, 0.3) is 0 Å². The lowest BCUT2D eigenvalue weighted by atomic mass is 10.2. The largest absolute Gasteiger partial charge is 0.481 e. The summed E-state index contributed by atoms with van der Waals surface area (Å²) in [6.07, 6.45) is 4.25. The summed E-state index contributed by atoms with van der Waals surface area (Å²) in [4.78, 5) is 11.7. The molecule has 0 saturated carbocycles. The van der Waals surface area contributed by atoms with Gasteiger partial charge < -0.3 is 10.4 Å². The summed E-state index contributed by atoms with van der Waals surface area (Å²) in [6.45, 7) is 2.00. The van der Waals surface area contributed by atoms with Gasteiger partial charge in [0, 0.05) is 11.3 Å². The van der Waals surface area contributed by atoms with Crippen molar-refractivity contribution in [2.75, 3.05) is 13.1 Å². The van der Waals surface area contributed by atoms with E-state index >= 15 is 0 Å². The monoisotopic (exact) mass is 241 g/mol. The smallest absolute Gasteiger partial charge is 0.303 e. The van der Waals surface area contributed by atoms with Crippen molar-refractivity contribution >= 4 is 17.3 Å². The highest BCUT2D eigenvalue weighted by Crippen LogP contribution is 2.08. The van der Waals surface area contributed by atoms with Gasteiger partial charge in [-0.25, -0.2) is 0 Å². The summed E-state index contributed by atoms with van der Waals surface area (Å²) in [5.41, 5.74) is 0. The Bertz CT molecular complexity index is 285. The molecule has 0 aliphatic carbocycles. The second-order valence-electron chi connectivity index (χ2n) is 3.78. The number of unbranched alkanes of at least 4 members (excludes halogenated alkanes) is 2. The molecule has 0 fully saturated rings. The number of carbonyl (C=O) groups is 1. The van der Waals surface area contributed by atoms with Crippen LogP contribution in [0.2, 0.25) is 0 Å². The van der Waals surface area contributed by atoms with E-state index in [-0.39, 0.29) is 0 Å². The Morgan fingerprint density at radius 2 is 2.19 bits per heavy atom. The van der Waals surface area contributed by atoms with Crippen LogP contribution in [0.5, 0.6) is 0 Å². The molecule has 1 aromatic heterocycles. The lowest BCUT2D eigenvalue weighted by Crippen LogP contribution is -2.18. The molecule has 0 atom stereocenters. The number of nitrogens with one attached hydrogen (secondary N) is 1. The predicted octanol–water partition coefficient (Wildman–Crippen LogP) is 2.53. The number of rotatable bonds is 9. The summed E-state index contributed by atoms with van der Waals surface area (Å²) in [5.74, 6) is -0.689. The topological polar surface area (TPSA) is 49.3 Å². The van der Waals surface area contributed by atoms with E-state index in [9.17, 15) is 4.79 Å². The first-order valence-corrected chi connectivity index (χ1v) is 6.62. The van der Waals surface area contributed by atoms with Crippen molar-refractivity contribution in [2.45, 2.75) is 32.1 Å². The average Bonchev–Trinajstić information content (AvgIpc) is 2.74. The molecular weight excluding hydrogens is 222 g/mol. The summed E-state index contributed by atoms with van der Waals surface area (Å²) in [7, 11) is 0. The van der Waals surface area contributed by atoms with Crippen molar-refractivity contribution in [3.05, 3.63) is 22.4 Å². The zero-order valence-corrected chi connectivity index (χ0v) is 10.3. The molecule has 0 amide bonds. The molecule has 3 nitrogen and oxygen atoms in total. The SMILES string of the molecule is O=C(O)CCCCCNCCc1cccs1. The molecule has 1 heterocycles. The van der Waals surface area contributed by atoms with E-state index in [1.54, 1.807) is 11.3 Å². The Balaban J connectivity index is 1.83. The second-order valence-corrected chi connectivity index (χ2v) is 4.82. The molecule has 16 heavy (non-hydrogen) atoms. The molecule has 2 N–H and O–H groups in total. The van der Waals surface area contributed by atoms with Crippen LogP contribution in [0.25, 0.3) is 0 Å². The maximum absolute atomic E-state index is 10.3. The highest BCUT2D eigenvalue weighted by molar-refractivity contribution is 7.09. The van der Waals surface area contributed by atoms with Gasteiger partial charge in [0.1, 0.15) is 0 Å². The van der Waals surface area contributed by atoms with Crippen LogP contribution in [0.15, 0.2) is 17.5 Å². The van der Waals surface area contributed by atoms with Crippen molar-refractivity contribution in [2.24, 2.45) is 0 Å². The minimum absolute atomic E-state index is 0.301. The summed E-state index contributed by atoms with van der Waals surface area (Å²) < 4.78 is 0. The fourth-order valence-electron chi connectivity index (χ4n) is 1.49. The van der Waals surface area contributed by atoms with Gasteiger partial charge in [0.15, 0.2) is 0 Å². The number of hydrogen-bond acceptors (Lipinski definition) is 3. The molecule has 0 spiro atoms. The predicted molar refractivity (Wildman–Crippen MR) is 67.0 cm³/mol. The van der Waals surface area contributed by atoms with Crippen LogP contribution in [0, 0.1) is 0 Å². The molecule has 0 aromatic carbocycles. The van der Waals surface area contributed by atoms with Crippen LogP contribution in [-0.4, -0.2) is 24.2 Å². The molecule has 0 unspecified atom stereocenters. The number of hydrogen-bond donors (Lipinski definition) is 2. The van der Waals surface area contributed by atoms with E-state index in [1.165, 1.54) is 4.88 Å². The summed E-state index contributed by atoms with van der Waals surface area (Å²) in [6, 6.07) is 4.23. The maximum Gasteiger partial charge on any atom is 0.303 e. The Morgan fingerprint density at radius 3 is 2.88 bits per heavy atom. The first kappa shape index (κ1) is 13.2. The molecule has 1 aromatic rings. The van der Waals surface area contributed by atoms with Gasteiger partial charge in [0.2, 0.25) is 0 Å². The van der Waals surface area contributed by atoms with Crippen molar-refractivity contribution < 1.29 is 9.90 Å².